The minimum Gasteiger partial charge on any atom is -0.327 e. The monoisotopic (exact) mass is 292 g/mol. The van der Waals surface area contributed by atoms with Gasteiger partial charge < -0.3 is 15.6 Å². The van der Waals surface area contributed by atoms with Crippen molar-refractivity contribution in [3.8, 4) is 0 Å². The first-order chi connectivity index (χ1) is 10.0. The molecular formula is C15H21FN4O. The number of nitrogens with one attached hydrogen (secondary N) is 1. The Morgan fingerprint density at radius 3 is 2.81 bits per heavy atom. The second kappa shape index (κ2) is 5.61. The van der Waals surface area contributed by atoms with Crippen molar-refractivity contribution in [2.45, 2.75) is 31.8 Å². The van der Waals surface area contributed by atoms with Crippen LogP contribution in [-0.2, 0) is 0 Å². The molecule has 21 heavy (non-hydrogen) atoms. The molecular weight excluding hydrogens is 271 g/mol. The Balaban J connectivity index is 1.82. The van der Waals surface area contributed by atoms with Crippen LogP contribution in [0.2, 0.25) is 0 Å². The SMILES string of the molecule is C[C@H](N)CN1CCC(n2c(=O)[nH]c3cc(F)ccc32)CC1. The first-order valence-electron chi connectivity index (χ1n) is 7.42. The van der Waals surface area contributed by atoms with Crippen molar-refractivity contribution in [1.29, 1.82) is 0 Å². The molecule has 1 fully saturated rings. The van der Waals surface area contributed by atoms with E-state index < -0.39 is 0 Å². The lowest BCUT2D eigenvalue weighted by molar-refractivity contribution is 0.180. The molecule has 1 saturated heterocycles. The summed E-state index contributed by atoms with van der Waals surface area (Å²) in [5, 5.41) is 0. The number of aromatic nitrogens is 2. The van der Waals surface area contributed by atoms with Gasteiger partial charge in [-0.15, -0.1) is 0 Å². The Hall–Kier alpha value is -1.66. The zero-order valence-electron chi connectivity index (χ0n) is 12.2. The quantitative estimate of drug-likeness (QED) is 0.900. The van der Waals surface area contributed by atoms with Crippen molar-refractivity contribution in [1.82, 2.24) is 14.5 Å². The van der Waals surface area contributed by atoms with Gasteiger partial charge in [0, 0.05) is 31.7 Å². The Labute approximate surface area is 122 Å². The van der Waals surface area contributed by atoms with E-state index in [0.717, 1.165) is 38.0 Å². The topological polar surface area (TPSA) is 67.0 Å². The molecule has 1 atom stereocenters. The molecule has 5 nitrogen and oxygen atoms in total. The third kappa shape index (κ3) is 2.87. The molecule has 3 rings (SSSR count). The Bertz CT molecular complexity index is 683. The lowest BCUT2D eigenvalue weighted by atomic mass is 10.0. The fourth-order valence-corrected chi connectivity index (χ4v) is 3.23. The van der Waals surface area contributed by atoms with E-state index in [4.69, 9.17) is 5.73 Å². The molecule has 0 saturated carbocycles. The highest BCUT2D eigenvalue weighted by atomic mass is 19.1. The predicted octanol–water partition coefficient (Wildman–Crippen LogP) is 1.45. The second-order valence-corrected chi connectivity index (χ2v) is 5.97. The van der Waals surface area contributed by atoms with Gasteiger partial charge in [0.05, 0.1) is 11.0 Å². The van der Waals surface area contributed by atoms with E-state index >= 15 is 0 Å². The summed E-state index contributed by atoms with van der Waals surface area (Å²) in [5.41, 5.74) is 7.03. The van der Waals surface area contributed by atoms with Crippen LogP contribution < -0.4 is 11.4 Å². The highest BCUT2D eigenvalue weighted by molar-refractivity contribution is 5.75. The van der Waals surface area contributed by atoms with Gasteiger partial charge >= 0.3 is 5.69 Å². The summed E-state index contributed by atoms with van der Waals surface area (Å²) >= 11 is 0. The number of hydrogen-bond donors (Lipinski definition) is 2. The molecule has 1 aromatic heterocycles. The largest absolute Gasteiger partial charge is 0.327 e. The Morgan fingerprint density at radius 1 is 1.43 bits per heavy atom. The maximum atomic E-state index is 13.2. The third-order valence-electron chi connectivity index (χ3n) is 4.15. The average Bonchev–Trinajstić information content (AvgIpc) is 2.74. The molecule has 1 aliphatic heterocycles. The first-order valence-corrected chi connectivity index (χ1v) is 7.42. The summed E-state index contributed by atoms with van der Waals surface area (Å²) in [5.74, 6) is -0.331. The van der Waals surface area contributed by atoms with Gasteiger partial charge in [-0.05, 0) is 38.0 Å². The zero-order valence-corrected chi connectivity index (χ0v) is 12.2. The van der Waals surface area contributed by atoms with Crippen LogP contribution in [0.15, 0.2) is 23.0 Å². The summed E-state index contributed by atoms with van der Waals surface area (Å²) in [7, 11) is 0. The fourth-order valence-electron chi connectivity index (χ4n) is 3.23. The van der Waals surface area contributed by atoms with Crippen LogP contribution in [0, 0.1) is 5.82 Å². The molecule has 1 aliphatic rings. The first kappa shape index (κ1) is 14.3. The van der Waals surface area contributed by atoms with Gasteiger partial charge in [0.15, 0.2) is 0 Å². The van der Waals surface area contributed by atoms with Crippen molar-refractivity contribution in [2.24, 2.45) is 5.73 Å². The van der Waals surface area contributed by atoms with E-state index in [9.17, 15) is 9.18 Å². The number of halogens is 1. The Kier molecular flexibility index (Phi) is 3.82. The molecule has 3 N–H and O–H groups in total. The number of aromatic amines is 1. The number of imidazole rings is 1. The molecule has 2 aromatic rings. The van der Waals surface area contributed by atoms with Crippen molar-refractivity contribution in [3.63, 3.8) is 0 Å². The van der Waals surface area contributed by atoms with E-state index in [0.29, 0.717) is 5.52 Å². The van der Waals surface area contributed by atoms with Crippen LogP contribution in [0.3, 0.4) is 0 Å². The van der Waals surface area contributed by atoms with Gasteiger partial charge in [0.2, 0.25) is 0 Å². The van der Waals surface area contributed by atoms with Crippen molar-refractivity contribution >= 4 is 11.0 Å². The standard InChI is InChI=1S/C15H21FN4O/c1-10(17)9-19-6-4-12(5-7-19)20-14-3-2-11(16)8-13(14)18-15(20)21/h2-3,8,10,12H,4-7,9,17H2,1H3,(H,18,21)/t10-/m0/s1. The molecule has 0 bridgehead atoms. The Morgan fingerprint density at radius 2 is 2.14 bits per heavy atom. The molecule has 114 valence electrons. The third-order valence-corrected chi connectivity index (χ3v) is 4.15. The molecule has 0 radical (unpaired) electrons. The van der Waals surface area contributed by atoms with Gasteiger partial charge in [0.25, 0.3) is 0 Å². The smallest absolute Gasteiger partial charge is 0.326 e. The molecule has 1 aromatic carbocycles. The molecule has 0 aliphatic carbocycles. The van der Waals surface area contributed by atoms with Crippen LogP contribution in [0.5, 0.6) is 0 Å². The number of piperidine rings is 1. The van der Waals surface area contributed by atoms with Crippen molar-refractivity contribution in [3.05, 3.63) is 34.5 Å². The van der Waals surface area contributed by atoms with Crippen LogP contribution in [0.25, 0.3) is 11.0 Å². The summed E-state index contributed by atoms with van der Waals surface area (Å²) in [4.78, 5) is 17.2. The molecule has 0 spiro atoms. The lowest BCUT2D eigenvalue weighted by Crippen LogP contribution is -2.42. The normalized spacial score (nSPS) is 19.2. The van der Waals surface area contributed by atoms with Crippen LogP contribution in [-0.4, -0.2) is 40.1 Å². The molecule has 2 heterocycles. The van der Waals surface area contributed by atoms with Crippen LogP contribution in [0.1, 0.15) is 25.8 Å². The number of fused-ring (bicyclic) bond motifs is 1. The van der Waals surface area contributed by atoms with E-state index in [1.54, 1.807) is 10.6 Å². The van der Waals surface area contributed by atoms with Crippen LogP contribution in [0.4, 0.5) is 4.39 Å². The second-order valence-electron chi connectivity index (χ2n) is 5.97. The maximum Gasteiger partial charge on any atom is 0.326 e. The highest BCUT2D eigenvalue weighted by Crippen LogP contribution is 2.25. The van der Waals surface area contributed by atoms with Gasteiger partial charge in [-0.2, -0.15) is 0 Å². The molecule has 6 heteroatoms. The number of benzene rings is 1. The van der Waals surface area contributed by atoms with Gasteiger partial charge in [-0.25, -0.2) is 9.18 Å². The van der Waals surface area contributed by atoms with Gasteiger partial charge in [-0.1, -0.05) is 0 Å². The summed E-state index contributed by atoms with van der Waals surface area (Å²) in [6.45, 7) is 4.77. The van der Waals surface area contributed by atoms with Gasteiger partial charge in [0.1, 0.15) is 5.82 Å². The molecule has 0 amide bonds. The predicted molar refractivity (Wildman–Crippen MR) is 80.9 cm³/mol. The average molecular weight is 292 g/mol. The number of nitrogens with two attached hydrogens (primary N) is 1. The number of hydrogen-bond acceptors (Lipinski definition) is 3. The van der Waals surface area contributed by atoms with Crippen molar-refractivity contribution in [2.75, 3.05) is 19.6 Å². The highest BCUT2D eigenvalue weighted by Gasteiger charge is 2.23. The van der Waals surface area contributed by atoms with E-state index in [2.05, 4.69) is 9.88 Å². The number of H-pyrrole nitrogens is 1. The zero-order chi connectivity index (χ0) is 15.0. The van der Waals surface area contributed by atoms with E-state index in [-0.39, 0.29) is 23.6 Å². The minimum atomic E-state index is -0.331. The summed E-state index contributed by atoms with van der Waals surface area (Å²) < 4.78 is 15.0. The molecule has 0 unspecified atom stereocenters. The minimum absolute atomic E-state index is 0.152. The summed E-state index contributed by atoms with van der Waals surface area (Å²) in [6.07, 6.45) is 1.83. The van der Waals surface area contributed by atoms with E-state index in [1.165, 1.54) is 12.1 Å². The number of rotatable bonds is 3. The number of nitrogens with zero attached hydrogens (tertiary/aromatic N) is 2. The summed E-state index contributed by atoms with van der Waals surface area (Å²) in [6, 6.07) is 4.79. The van der Waals surface area contributed by atoms with E-state index in [1.807, 2.05) is 6.92 Å². The fraction of sp³-hybridized carbons (Fsp3) is 0.533. The maximum absolute atomic E-state index is 13.2. The van der Waals surface area contributed by atoms with Gasteiger partial charge in [-0.3, -0.25) is 4.57 Å². The number of likely N-dealkylation sites (tertiary alicyclic amines) is 1. The van der Waals surface area contributed by atoms with Crippen molar-refractivity contribution < 1.29 is 4.39 Å². The lowest BCUT2D eigenvalue weighted by Gasteiger charge is -2.33. The van der Waals surface area contributed by atoms with Crippen LogP contribution >= 0.6 is 0 Å².